The monoisotopic (exact) mass is 326 g/mol. The molecule has 0 amide bonds. The van der Waals surface area contributed by atoms with E-state index in [9.17, 15) is 0 Å². The number of nitrogens with zero attached hydrogens (tertiary/aromatic N) is 1. The Bertz CT molecular complexity index is 717. The molecular formula is C17H15BrN2. The maximum Gasteiger partial charge on any atom is 0.0705 e. The van der Waals surface area contributed by atoms with Crippen molar-refractivity contribution in [1.29, 1.82) is 0 Å². The SMILES string of the molecule is NC(Cc1ccc(Br)cc1)c1ccnc2ccccc12. The quantitative estimate of drug-likeness (QED) is 0.781. The molecule has 1 aromatic heterocycles. The van der Waals surface area contributed by atoms with Gasteiger partial charge in [-0.2, -0.15) is 0 Å². The highest BCUT2D eigenvalue weighted by Gasteiger charge is 2.10. The summed E-state index contributed by atoms with van der Waals surface area (Å²) in [5.41, 5.74) is 9.78. The van der Waals surface area contributed by atoms with Gasteiger partial charge >= 0.3 is 0 Å². The van der Waals surface area contributed by atoms with Gasteiger partial charge < -0.3 is 5.73 Å². The molecule has 3 aromatic rings. The van der Waals surface area contributed by atoms with E-state index >= 15 is 0 Å². The second-order valence-electron chi connectivity index (χ2n) is 4.85. The van der Waals surface area contributed by atoms with Crippen LogP contribution < -0.4 is 5.73 Å². The summed E-state index contributed by atoms with van der Waals surface area (Å²) in [6, 6.07) is 18.4. The zero-order chi connectivity index (χ0) is 13.9. The summed E-state index contributed by atoms with van der Waals surface area (Å²) in [5.74, 6) is 0. The number of hydrogen-bond donors (Lipinski definition) is 1. The summed E-state index contributed by atoms with van der Waals surface area (Å²) in [5, 5.41) is 1.14. The third-order valence-corrected chi connectivity index (χ3v) is 3.98. The zero-order valence-electron chi connectivity index (χ0n) is 11.0. The number of nitrogens with two attached hydrogens (primary N) is 1. The molecule has 0 spiro atoms. The van der Waals surface area contributed by atoms with Crippen molar-refractivity contribution < 1.29 is 0 Å². The number of rotatable bonds is 3. The van der Waals surface area contributed by atoms with E-state index in [0.29, 0.717) is 0 Å². The minimum Gasteiger partial charge on any atom is -0.324 e. The normalized spacial score (nSPS) is 12.5. The van der Waals surface area contributed by atoms with E-state index in [0.717, 1.165) is 27.4 Å². The predicted molar refractivity (Wildman–Crippen MR) is 86.5 cm³/mol. The second kappa shape index (κ2) is 5.73. The van der Waals surface area contributed by atoms with E-state index in [-0.39, 0.29) is 6.04 Å². The topological polar surface area (TPSA) is 38.9 Å². The molecule has 0 aliphatic heterocycles. The number of benzene rings is 2. The minimum atomic E-state index is -0.0240. The fourth-order valence-corrected chi connectivity index (χ4v) is 2.69. The second-order valence-corrected chi connectivity index (χ2v) is 5.77. The lowest BCUT2D eigenvalue weighted by molar-refractivity contribution is 0.727. The lowest BCUT2D eigenvalue weighted by Gasteiger charge is -2.14. The smallest absolute Gasteiger partial charge is 0.0705 e. The molecule has 0 saturated carbocycles. The Kier molecular flexibility index (Phi) is 3.81. The van der Waals surface area contributed by atoms with Crippen LogP contribution in [-0.4, -0.2) is 4.98 Å². The summed E-state index contributed by atoms with van der Waals surface area (Å²) in [6.07, 6.45) is 2.65. The highest BCUT2D eigenvalue weighted by Crippen LogP contribution is 2.24. The summed E-state index contributed by atoms with van der Waals surface area (Å²) in [7, 11) is 0. The fraction of sp³-hybridized carbons (Fsp3) is 0.118. The summed E-state index contributed by atoms with van der Waals surface area (Å²) in [6.45, 7) is 0. The van der Waals surface area contributed by atoms with Gasteiger partial charge in [-0.05, 0) is 41.8 Å². The van der Waals surface area contributed by atoms with Crippen molar-refractivity contribution >= 4 is 26.8 Å². The molecule has 1 heterocycles. The highest BCUT2D eigenvalue weighted by molar-refractivity contribution is 9.10. The molecule has 100 valence electrons. The van der Waals surface area contributed by atoms with Gasteiger partial charge in [0, 0.05) is 22.1 Å². The fourth-order valence-electron chi connectivity index (χ4n) is 2.43. The molecule has 0 saturated heterocycles. The minimum absolute atomic E-state index is 0.0240. The van der Waals surface area contributed by atoms with Crippen molar-refractivity contribution in [3.8, 4) is 0 Å². The van der Waals surface area contributed by atoms with Gasteiger partial charge in [0.15, 0.2) is 0 Å². The molecule has 2 nitrogen and oxygen atoms in total. The summed E-state index contributed by atoms with van der Waals surface area (Å²) < 4.78 is 1.09. The van der Waals surface area contributed by atoms with Crippen molar-refractivity contribution in [2.75, 3.05) is 0 Å². The van der Waals surface area contributed by atoms with Crippen molar-refractivity contribution in [3.05, 3.63) is 76.4 Å². The molecule has 1 atom stereocenters. The maximum atomic E-state index is 6.39. The number of fused-ring (bicyclic) bond motifs is 1. The van der Waals surface area contributed by atoms with Gasteiger partial charge in [0.1, 0.15) is 0 Å². The van der Waals surface area contributed by atoms with E-state index in [1.807, 2.05) is 42.6 Å². The van der Waals surface area contributed by atoms with E-state index in [4.69, 9.17) is 5.73 Å². The molecule has 3 heteroatoms. The van der Waals surface area contributed by atoms with Crippen LogP contribution in [0.25, 0.3) is 10.9 Å². The van der Waals surface area contributed by atoms with Crippen molar-refractivity contribution in [2.24, 2.45) is 5.73 Å². The van der Waals surface area contributed by atoms with Crippen molar-refractivity contribution in [2.45, 2.75) is 12.5 Å². The molecular weight excluding hydrogens is 312 g/mol. The third-order valence-electron chi connectivity index (χ3n) is 3.45. The summed E-state index contributed by atoms with van der Waals surface area (Å²) in [4.78, 5) is 4.38. The number of para-hydroxylation sites is 1. The molecule has 1 unspecified atom stereocenters. The van der Waals surface area contributed by atoms with E-state index in [1.54, 1.807) is 0 Å². The van der Waals surface area contributed by atoms with E-state index in [1.165, 1.54) is 5.56 Å². The first-order chi connectivity index (χ1) is 9.74. The largest absolute Gasteiger partial charge is 0.324 e. The van der Waals surface area contributed by atoms with E-state index in [2.05, 4.69) is 39.1 Å². The number of hydrogen-bond acceptors (Lipinski definition) is 2. The van der Waals surface area contributed by atoms with Crippen LogP contribution in [0.4, 0.5) is 0 Å². The maximum absolute atomic E-state index is 6.39. The first kappa shape index (κ1) is 13.3. The van der Waals surface area contributed by atoms with Crippen LogP contribution in [0.5, 0.6) is 0 Å². The Morgan fingerprint density at radius 3 is 2.55 bits per heavy atom. The molecule has 0 aliphatic carbocycles. The zero-order valence-corrected chi connectivity index (χ0v) is 12.5. The Hall–Kier alpha value is -1.71. The van der Waals surface area contributed by atoms with E-state index < -0.39 is 0 Å². The lowest BCUT2D eigenvalue weighted by atomic mass is 9.97. The number of halogens is 1. The molecule has 0 fully saturated rings. The van der Waals surface area contributed by atoms with Crippen LogP contribution in [-0.2, 0) is 6.42 Å². The molecule has 0 bridgehead atoms. The van der Waals surface area contributed by atoms with Gasteiger partial charge in [-0.1, -0.05) is 46.3 Å². The third kappa shape index (κ3) is 2.74. The van der Waals surface area contributed by atoms with Gasteiger partial charge in [-0.3, -0.25) is 4.98 Å². The van der Waals surface area contributed by atoms with Crippen molar-refractivity contribution in [1.82, 2.24) is 4.98 Å². The van der Waals surface area contributed by atoms with Crippen LogP contribution in [0.3, 0.4) is 0 Å². The molecule has 0 aliphatic rings. The average molecular weight is 327 g/mol. The molecule has 20 heavy (non-hydrogen) atoms. The number of pyridine rings is 1. The average Bonchev–Trinajstić information content (AvgIpc) is 2.49. The Morgan fingerprint density at radius 1 is 1.00 bits per heavy atom. The van der Waals surface area contributed by atoms with Crippen LogP contribution in [0.2, 0.25) is 0 Å². The van der Waals surface area contributed by atoms with Crippen LogP contribution in [0, 0.1) is 0 Å². The lowest BCUT2D eigenvalue weighted by Crippen LogP contribution is -2.14. The molecule has 2 aromatic carbocycles. The first-order valence-electron chi connectivity index (χ1n) is 6.58. The Morgan fingerprint density at radius 2 is 1.75 bits per heavy atom. The predicted octanol–water partition coefficient (Wildman–Crippen LogP) is 4.24. The summed E-state index contributed by atoms with van der Waals surface area (Å²) >= 11 is 3.45. The van der Waals surface area contributed by atoms with Gasteiger partial charge in [-0.15, -0.1) is 0 Å². The molecule has 2 N–H and O–H groups in total. The van der Waals surface area contributed by atoms with Crippen LogP contribution in [0.15, 0.2) is 65.3 Å². The molecule has 3 rings (SSSR count). The van der Waals surface area contributed by atoms with Crippen molar-refractivity contribution in [3.63, 3.8) is 0 Å². The standard InChI is InChI=1S/C17H15BrN2/c18-13-7-5-12(6-8-13)11-16(19)14-9-10-20-17-4-2-1-3-15(14)17/h1-10,16H,11,19H2. The van der Waals surface area contributed by atoms with Gasteiger partial charge in [-0.25, -0.2) is 0 Å². The van der Waals surface area contributed by atoms with Crippen LogP contribution >= 0.6 is 15.9 Å². The highest BCUT2D eigenvalue weighted by atomic mass is 79.9. The Labute approximate surface area is 126 Å². The Balaban J connectivity index is 1.92. The van der Waals surface area contributed by atoms with Gasteiger partial charge in [0.25, 0.3) is 0 Å². The van der Waals surface area contributed by atoms with Gasteiger partial charge in [0.2, 0.25) is 0 Å². The number of aromatic nitrogens is 1. The van der Waals surface area contributed by atoms with Crippen LogP contribution in [0.1, 0.15) is 17.2 Å². The van der Waals surface area contributed by atoms with Gasteiger partial charge in [0.05, 0.1) is 5.52 Å². The molecule has 0 radical (unpaired) electrons. The first-order valence-corrected chi connectivity index (χ1v) is 7.37.